The summed E-state index contributed by atoms with van der Waals surface area (Å²) in [6.07, 6.45) is 5.60. The van der Waals surface area contributed by atoms with Gasteiger partial charge in [-0.3, -0.25) is 4.79 Å². The molecule has 1 aromatic carbocycles. The van der Waals surface area contributed by atoms with Crippen LogP contribution in [0.1, 0.15) is 48.5 Å². The van der Waals surface area contributed by atoms with Gasteiger partial charge in [0.25, 0.3) is 5.91 Å². The van der Waals surface area contributed by atoms with Gasteiger partial charge >= 0.3 is 0 Å². The Bertz CT molecular complexity index is 427. The van der Waals surface area contributed by atoms with Crippen molar-refractivity contribution < 1.29 is 9.90 Å². The lowest BCUT2D eigenvalue weighted by Crippen LogP contribution is -2.35. The standard InChI is InChI=1S/C17H25NO2/c1-2-13-7-9-14(10-8-13)17(20)18-11-15-5-3-4-6-16(15)12-19/h7-10,15-16,19H,2-6,11-12H2,1H3,(H,18,20). The zero-order valence-corrected chi connectivity index (χ0v) is 12.3. The van der Waals surface area contributed by atoms with Gasteiger partial charge in [-0.2, -0.15) is 0 Å². The van der Waals surface area contributed by atoms with E-state index in [4.69, 9.17) is 0 Å². The first-order chi connectivity index (χ1) is 9.74. The first-order valence-electron chi connectivity index (χ1n) is 7.72. The van der Waals surface area contributed by atoms with Crippen LogP contribution >= 0.6 is 0 Å². The third-order valence-corrected chi connectivity index (χ3v) is 4.45. The van der Waals surface area contributed by atoms with Gasteiger partial charge in [-0.25, -0.2) is 0 Å². The second-order valence-electron chi connectivity index (χ2n) is 5.75. The molecule has 3 nitrogen and oxygen atoms in total. The van der Waals surface area contributed by atoms with Gasteiger partial charge in [0.05, 0.1) is 0 Å². The van der Waals surface area contributed by atoms with Crippen LogP contribution in [0.4, 0.5) is 0 Å². The number of rotatable bonds is 5. The Morgan fingerprint density at radius 2 is 1.85 bits per heavy atom. The lowest BCUT2D eigenvalue weighted by Gasteiger charge is -2.30. The van der Waals surface area contributed by atoms with Crippen LogP contribution in [-0.2, 0) is 6.42 Å². The van der Waals surface area contributed by atoms with Crippen LogP contribution in [0.15, 0.2) is 24.3 Å². The maximum absolute atomic E-state index is 12.1. The fraction of sp³-hybridized carbons (Fsp3) is 0.588. The van der Waals surface area contributed by atoms with Gasteiger partial charge in [-0.05, 0) is 48.8 Å². The minimum Gasteiger partial charge on any atom is -0.396 e. The van der Waals surface area contributed by atoms with E-state index in [0.29, 0.717) is 18.4 Å². The van der Waals surface area contributed by atoms with E-state index < -0.39 is 0 Å². The molecule has 1 fully saturated rings. The lowest BCUT2D eigenvalue weighted by molar-refractivity contribution is 0.0909. The quantitative estimate of drug-likeness (QED) is 0.868. The second kappa shape index (κ2) is 7.44. The van der Waals surface area contributed by atoms with E-state index in [1.54, 1.807) is 0 Å². The molecule has 1 aliphatic carbocycles. The number of aliphatic hydroxyl groups is 1. The van der Waals surface area contributed by atoms with Crippen molar-refractivity contribution in [2.24, 2.45) is 11.8 Å². The Morgan fingerprint density at radius 3 is 2.45 bits per heavy atom. The SMILES string of the molecule is CCc1ccc(C(=O)NCC2CCCCC2CO)cc1. The lowest BCUT2D eigenvalue weighted by atomic mass is 9.79. The summed E-state index contributed by atoms with van der Waals surface area (Å²) < 4.78 is 0. The van der Waals surface area contributed by atoms with Crippen molar-refractivity contribution in [3.8, 4) is 0 Å². The Hall–Kier alpha value is -1.35. The molecule has 1 amide bonds. The second-order valence-corrected chi connectivity index (χ2v) is 5.75. The van der Waals surface area contributed by atoms with Crippen LogP contribution < -0.4 is 5.32 Å². The van der Waals surface area contributed by atoms with Gasteiger partial charge in [0.15, 0.2) is 0 Å². The van der Waals surface area contributed by atoms with Gasteiger partial charge in [0, 0.05) is 18.7 Å². The molecule has 0 aromatic heterocycles. The summed E-state index contributed by atoms with van der Waals surface area (Å²) in [7, 11) is 0. The number of amides is 1. The Labute approximate surface area is 121 Å². The van der Waals surface area contributed by atoms with Crippen molar-refractivity contribution in [1.29, 1.82) is 0 Å². The molecule has 3 heteroatoms. The first kappa shape index (κ1) is 15.0. The normalized spacial score (nSPS) is 22.5. The summed E-state index contributed by atoms with van der Waals surface area (Å²) in [4.78, 5) is 12.1. The number of aryl methyl sites for hydroxylation is 1. The van der Waals surface area contributed by atoms with Crippen molar-refractivity contribution in [3.63, 3.8) is 0 Å². The summed E-state index contributed by atoms with van der Waals surface area (Å²) in [5.41, 5.74) is 1.97. The highest BCUT2D eigenvalue weighted by atomic mass is 16.3. The first-order valence-corrected chi connectivity index (χ1v) is 7.72. The van der Waals surface area contributed by atoms with Crippen LogP contribution in [0, 0.1) is 11.8 Å². The van der Waals surface area contributed by atoms with Crippen LogP contribution in [0.5, 0.6) is 0 Å². The molecule has 0 aliphatic heterocycles. The Kier molecular flexibility index (Phi) is 5.60. The fourth-order valence-corrected chi connectivity index (χ4v) is 3.01. The molecule has 0 bridgehead atoms. The highest BCUT2D eigenvalue weighted by Gasteiger charge is 2.24. The molecule has 2 unspecified atom stereocenters. The van der Waals surface area contributed by atoms with E-state index >= 15 is 0 Å². The van der Waals surface area contributed by atoms with Crippen molar-refractivity contribution in [2.75, 3.05) is 13.2 Å². The summed E-state index contributed by atoms with van der Waals surface area (Å²) >= 11 is 0. The monoisotopic (exact) mass is 275 g/mol. The number of carbonyl (C=O) groups is 1. The molecule has 2 atom stereocenters. The van der Waals surface area contributed by atoms with E-state index in [1.807, 2.05) is 24.3 Å². The van der Waals surface area contributed by atoms with E-state index in [1.165, 1.54) is 18.4 Å². The zero-order valence-electron chi connectivity index (χ0n) is 12.3. The Morgan fingerprint density at radius 1 is 1.20 bits per heavy atom. The number of benzene rings is 1. The van der Waals surface area contributed by atoms with Gasteiger partial charge < -0.3 is 10.4 Å². The average molecular weight is 275 g/mol. The van der Waals surface area contributed by atoms with Crippen LogP contribution in [-0.4, -0.2) is 24.2 Å². The number of nitrogens with one attached hydrogen (secondary N) is 1. The molecule has 0 radical (unpaired) electrons. The number of hydrogen-bond acceptors (Lipinski definition) is 2. The summed E-state index contributed by atoms with van der Waals surface area (Å²) in [5, 5.41) is 12.4. The summed E-state index contributed by atoms with van der Waals surface area (Å²) in [6, 6.07) is 7.79. The van der Waals surface area contributed by atoms with E-state index in [9.17, 15) is 9.90 Å². The molecule has 110 valence electrons. The molecule has 1 aliphatic rings. The number of hydrogen-bond donors (Lipinski definition) is 2. The van der Waals surface area contributed by atoms with Crippen molar-refractivity contribution in [2.45, 2.75) is 39.0 Å². The number of aliphatic hydroxyl groups excluding tert-OH is 1. The smallest absolute Gasteiger partial charge is 0.251 e. The minimum atomic E-state index is -0.00471. The molecule has 1 aromatic rings. The largest absolute Gasteiger partial charge is 0.396 e. The third kappa shape index (κ3) is 3.83. The number of carbonyl (C=O) groups excluding carboxylic acids is 1. The van der Waals surface area contributed by atoms with Crippen molar-refractivity contribution in [1.82, 2.24) is 5.32 Å². The molecule has 2 rings (SSSR count). The maximum atomic E-state index is 12.1. The molecule has 0 heterocycles. The summed E-state index contributed by atoms with van der Waals surface area (Å²) in [6.45, 7) is 3.03. The average Bonchev–Trinajstić information content (AvgIpc) is 2.53. The zero-order chi connectivity index (χ0) is 14.4. The van der Waals surface area contributed by atoms with Gasteiger partial charge in [-0.1, -0.05) is 31.9 Å². The van der Waals surface area contributed by atoms with E-state index in [-0.39, 0.29) is 12.5 Å². The van der Waals surface area contributed by atoms with Crippen molar-refractivity contribution >= 4 is 5.91 Å². The molecular formula is C17H25NO2. The predicted molar refractivity (Wildman–Crippen MR) is 80.7 cm³/mol. The van der Waals surface area contributed by atoms with Gasteiger partial charge in [0.1, 0.15) is 0 Å². The van der Waals surface area contributed by atoms with E-state index in [2.05, 4.69) is 12.2 Å². The van der Waals surface area contributed by atoms with Crippen molar-refractivity contribution in [3.05, 3.63) is 35.4 Å². The van der Waals surface area contributed by atoms with Crippen LogP contribution in [0.2, 0.25) is 0 Å². The molecule has 1 saturated carbocycles. The molecule has 2 N–H and O–H groups in total. The van der Waals surface area contributed by atoms with Gasteiger partial charge in [0.2, 0.25) is 0 Å². The third-order valence-electron chi connectivity index (χ3n) is 4.45. The van der Waals surface area contributed by atoms with E-state index in [0.717, 1.165) is 24.8 Å². The Balaban J connectivity index is 1.87. The van der Waals surface area contributed by atoms with Crippen LogP contribution in [0.25, 0.3) is 0 Å². The minimum absolute atomic E-state index is 0.00471. The fourth-order valence-electron chi connectivity index (χ4n) is 3.01. The molecule has 0 saturated heterocycles. The summed E-state index contributed by atoms with van der Waals surface area (Å²) in [5.74, 6) is 0.772. The predicted octanol–water partition coefficient (Wildman–Crippen LogP) is 2.78. The van der Waals surface area contributed by atoms with Gasteiger partial charge in [-0.15, -0.1) is 0 Å². The molecule has 20 heavy (non-hydrogen) atoms. The molecule has 0 spiro atoms. The topological polar surface area (TPSA) is 49.3 Å². The highest BCUT2D eigenvalue weighted by Crippen LogP contribution is 2.29. The van der Waals surface area contributed by atoms with Crippen LogP contribution in [0.3, 0.4) is 0 Å². The maximum Gasteiger partial charge on any atom is 0.251 e. The molecular weight excluding hydrogens is 250 g/mol. The highest BCUT2D eigenvalue weighted by molar-refractivity contribution is 5.94.